The first kappa shape index (κ1) is 18.3. The quantitative estimate of drug-likeness (QED) is 0.698. The summed E-state index contributed by atoms with van der Waals surface area (Å²) in [5.41, 5.74) is 2.28. The number of aromatic nitrogens is 2. The van der Waals surface area contributed by atoms with Gasteiger partial charge in [-0.05, 0) is 38.3 Å². The fraction of sp³-hybridized carbons (Fsp3) is 0.600. The lowest BCUT2D eigenvalue weighted by Crippen LogP contribution is -2.37. The van der Waals surface area contributed by atoms with Crippen molar-refractivity contribution in [3.05, 3.63) is 41.5 Å². The smallest absolute Gasteiger partial charge is 0.248 e. The lowest BCUT2D eigenvalue weighted by atomic mass is 10.1. The van der Waals surface area contributed by atoms with E-state index in [1.54, 1.807) is 0 Å². The number of hydrogen-bond acceptors (Lipinski definition) is 5. The summed E-state index contributed by atoms with van der Waals surface area (Å²) in [5.74, 6) is 0.971. The SMILES string of the molecule is Cc1cc(CN2Cc3cccn3[C@@H](CCOCC(=O)N3CCCC3)C2)no1. The summed E-state index contributed by atoms with van der Waals surface area (Å²) in [6, 6.07) is 6.61. The summed E-state index contributed by atoms with van der Waals surface area (Å²) in [6.07, 6.45) is 5.27. The second-order valence-corrected chi connectivity index (χ2v) is 7.59. The molecule has 7 heteroatoms. The van der Waals surface area contributed by atoms with Crippen molar-refractivity contribution in [1.82, 2.24) is 19.5 Å². The molecule has 1 atom stereocenters. The zero-order valence-corrected chi connectivity index (χ0v) is 16.0. The average molecular weight is 372 g/mol. The first-order valence-corrected chi connectivity index (χ1v) is 9.85. The molecule has 1 amide bonds. The van der Waals surface area contributed by atoms with Gasteiger partial charge in [-0.1, -0.05) is 5.16 Å². The predicted octanol–water partition coefficient (Wildman–Crippen LogP) is 2.37. The Hall–Kier alpha value is -2.12. The lowest BCUT2D eigenvalue weighted by Gasteiger charge is -2.34. The van der Waals surface area contributed by atoms with Crippen LogP contribution in [0, 0.1) is 6.92 Å². The van der Waals surface area contributed by atoms with E-state index in [1.165, 1.54) is 5.69 Å². The van der Waals surface area contributed by atoms with E-state index in [-0.39, 0.29) is 12.5 Å². The number of rotatable bonds is 7. The van der Waals surface area contributed by atoms with E-state index in [1.807, 2.05) is 17.9 Å². The number of hydrogen-bond donors (Lipinski definition) is 0. The predicted molar refractivity (Wildman–Crippen MR) is 100 cm³/mol. The van der Waals surface area contributed by atoms with E-state index < -0.39 is 0 Å². The molecule has 2 aliphatic rings. The minimum atomic E-state index is 0.126. The molecule has 0 N–H and O–H groups in total. The molecule has 0 aliphatic carbocycles. The van der Waals surface area contributed by atoms with Gasteiger partial charge in [-0.3, -0.25) is 9.69 Å². The van der Waals surface area contributed by atoms with E-state index in [9.17, 15) is 4.79 Å². The van der Waals surface area contributed by atoms with Crippen LogP contribution in [0.1, 0.15) is 42.5 Å². The van der Waals surface area contributed by atoms with Crippen LogP contribution in [-0.2, 0) is 22.6 Å². The summed E-state index contributed by atoms with van der Waals surface area (Å²) in [4.78, 5) is 16.4. The summed E-state index contributed by atoms with van der Waals surface area (Å²) >= 11 is 0. The van der Waals surface area contributed by atoms with Crippen molar-refractivity contribution < 1.29 is 14.1 Å². The molecule has 4 heterocycles. The number of nitrogens with zero attached hydrogens (tertiary/aromatic N) is 4. The molecule has 0 saturated carbocycles. The Morgan fingerprint density at radius 1 is 1.37 bits per heavy atom. The normalized spacial score (nSPS) is 20.2. The van der Waals surface area contributed by atoms with Gasteiger partial charge in [0.25, 0.3) is 0 Å². The van der Waals surface area contributed by atoms with Crippen molar-refractivity contribution in [2.24, 2.45) is 0 Å². The van der Waals surface area contributed by atoms with Crippen LogP contribution in [0.3, 0.4) is 0 Å². The van der Waals surface area contributed by atoms with Crippen molar-refractivity contribution in [1.29, 1.82) is 0 Å². The number of amides is 1. The van der Waals surface area contributed by atoms with Crippen LogP contribution in [0.4, 0.5) is 0 Å². The van der Waals surface area contributed by atoms with Gasteiger partial charge in [0.1, 0.15) is 12.4 Å². The molecule has 1 saturated heterocycles. The third kappa shape index (κ3) is 4.42. The molecular formula is C20H28N4O3. The van der Waals surface area contributed by atoms with Gasteiger partial charge in [-0.2, -0.15) is 0 Å². The highest BCUT2D eigenvalue weighted by atomic mass is 16.5. The van der Waals surface area contributed by atoms with Crippen LogP contribution in [0.2, 0.25) is 0 Å². The highest BCUT2D eigenvalue weighted by Crippen LogP contribution is 2.25. The molecule has 2 aromatic heterocycles. The first-order chi connectivity index (χ1) is 13.2. The average Bonchev–Trinajstić information content (AvgIpc) is 3.40. The van der Waals surface area contributed by atoms with Crippen molar-refractivity contribution in [3.8, 4) is 0 Å². The third-order valence-electron chi connectivity index (χ3n) is 5.46. The van der Waals surface area contributed by atoms with Crippen molar-refractivity contribution >= 4 is 5.91 Å². The minimum Gasteiger partial charge on any atom is -0.372 e. The van der Waals surface area contributed by atoms with Gasteiger partial charge in [-0.15, -0.1) is 0 Å². The van der Waals surface area contributed by atoms with Crippen LogP contribution in [0.15, 0.2) is 28.9 Å². The van der Waals surface area contributed by atoms with Gasteiger partial charge in [0.05, 0.1) is 5.69 Å². The fourth-order valence-corrected chi connectivity index (χ4v) is 4.11. The highest BCUT2D eigenvalue weighted by molar-refractivity contribution is 5.77. The lowest BCUT2D eigenvalue weighted by molar-refractivity contribution is -0.135. The van der Waals surface area contributed by atoms with Gasteiger partial charge < -0.3 is 18.7 Å². The molecule has 146 valence electrons. The molecule has 7 nitrogen and oxygen atoms in total. The molecule has 0 aromatic carbocycles. The van der Waals surface area contributed by atoms with Gasteiger partial charge in [0.2, 0.25) is 5.91 Å². The second kappa shape index (κ2) is 8.27. The maximum Gasteiger partial charge on any atom is 0.248 e. The van der Waals surface area contributed by atoms with Gasteiger partial charge in [-0.25, -0.2) is 0 Å². The summed E-state index contributed by atoms with van der Waals surface area (Å²) in [7, 11) is 0. The van der Waals surface area contributed by atoms with Crippen molar-refractivity contribution in [3.63, 3.8) is 0 Å². The third-order valence-corrected chi connectivity index (χ3v) is 5.46. The zero-order valence-electron chi connectivity index (χ0n) is 16.0. The number of ether oxygens (including phenoxy) is 1. The summed E-state index contributed by atoms with van der Waals surface area (Å²) in [6.45, 7) is 7.11. The van der Waals surface area contributed by atoms with Gasteiger partial charge in [0.15, 0.2) is 0 Å². The molecular weight excluding hydrogens is 344 g/mol. The van der Waals surface area contributed by atoms with Gasteiger partial charge >= 0.3 is 0 Å². The Balaban J connectivity index is 1.29. The van der Waals surface area contributed by atoms with Crippen LogP contribution >= 0.6 is 0 Å². The van der Waals surface area contributed by atoms with Crippen LogP contribution in [0.5, 0.6) is 0 Å². The fourth-order valence-electron chi connectivity index (χ4n) is 4.11. The second-order valence-electron chi connectivity index (χ2n) is 7.59. The number of carbonyl (C=O) groups is 1. The number of fused-ring (bicyclic) bond motifs is 1. The largest absolute Gasteiger partial charge is 0.372 e. The van der Waals surface area contributed by atoms with E-state index in [2.05, 4.69) is 33.0 Å². The van der Waals surface area contributed by atoms with Crippen LogP contribution in [-0.4, -0.2) is 58.3 Å². The van der Waals surface area contributed by atoms with E-state index in [0.717, 1.165) is 63.4 Å². The molecule has 0 unspecified atom stereocenters. The molecule has 27 heavy (non-hydrogen) atoms. The van der Waals surface area contributed by atoms with E-state index >= 15 is 0 Å². The zero-order chi connectivity index (χ0) is 18.6. The Bertz CT molecular complexity index is 763. The van der Waals surface area contributed by atoms with Crippen molar-refractivity contribution in [2.75, 3.05) is 32.8 Å². The maximum atomic E-state index is 12.1. The standard InChI is InChI=1S/C20H28N4O3/c1-16-11-17(21-27-16)12-22-13-18-5-4-9-24(18)19(14-22)6-10-26-15-20(25)23-7-2-3-8-23/h4-5,9,11,19H,2-3,6-8,10,12-15H2,1H3/t19-/m0/s1. The van der Waals surface area contributed by atoms with Gasteiger partial charge in [0, 0.05) is 63.3 Å². The molecule has 0 radical (unpaired) electrons. The van der Waals surface area contributed by atoms with Crippen LogP contribution < -0.4 is 0 Å². The highest BCUT2D eigenvalue weighted by Gasteiger charge is 2.25. The Kier molecular flexibility index (Phi) is 5.59. The van der Waals surface area contributed by atoms with Crippen LogP contribution in [0.25, 0.3) is 0 Å². The molecule has 1 fully saturated rings. The first-order valence-electron chi connectivity index (χ1n) is 9.85. The molecule has 0 spiro atoms. The molecule has 2 aliphatic heterocycles. The van der Waals surface area contributed by atoms with Crippen molar-refractivity contribution in [2.45, 2.75) is 45.3 Å². The Labute approximate surface area is 159 Å². The Morgan fingerprint density at radius 2 is 2.22 bits per heavy atom. The molecule has 2 aromatic rings. The summed E-state index contributed by atoms with van der Waals surface area (Å²) < 4.78 is 13.2. The number of carbonyl (C=O) groups excluding carboxylic acids is 1. The maximum absolute atomic E-state index is 12.1. The summed E-state index contributed by atoms with van der Waals surface area (Å²) in [5, 5.41) is 4.12. The monoisotopic (exact) mass is 372 g/mol. The molecule has 0 bridgehead atoms. The van der Waals surface area contributed by atoms with E-state index in [0.29, 0.717) is 12.6 Å². The molecule has 4 rings (SSSR count). The number of likely N-dealkylation sites (tertiary alicyclic amines) is 1. The number of aryl methyl sites for hydroxylation is 1. The minimum absolute atomic E-state index is 0.126. The van der Waals surface area contributed by atoms with E-state index in [4.69, 9.17) is 9.26 Å². The topological polar surface area (TPSA) is 63.7 Å². The Morgan fingerprint density at radius 3 is 3.00 bits per heavy atom.